The summed E-state index contributed by atoms with van der Waals surface area (Å²) in [7, 11) is 1.42. The van der Waals surface area contributed by atoms with Crippen LogP contribution in [0.1, 0.15) is 17.9 Å². The molecule has 0 N–H and O–H groups in total. The fourth-order valence-electron chi connectivity index (χ4n) is 3.85. The zero-order chi connectivity index (χ0) is 12.3. The first kappa shape index (κ1) is 11.0. The number of para-hydroxylation sites is 1. The normalized spacial score (nSPS) is 34.3. The molecular weight excluding hydrogens is 244 g/mol. The van der Waals surface area contributed by atoms with Gasteiger partial charge in [-0.15, -0.1) is 0 Å². The first-order valence-corrected chi connectivity index (χ1v) is 8.04. The number of hydrogen-bond acceptors (Lipinski definition) is 3. The zero-order valence-electron chi connectivity index (χ0n) is 10.6. The van der Waals surface area contributed by atoms with E-state index in [4.69, 9.17) is 0 Å². The number of fused-ring (bicyclic) bond motifs is 3. The van der Waals surface area contributed by atoms with E-state index in [1.54, 1.807) is 0 Å². The highest BCUT2D eigenvalue weighted by Gasteiger charge is 2.44. The molecule has 0 amide bonds. The van der Waals surface area contributed by atoms with Gasteiger partial charge in [-0.1, -0.05) is 12.1 Å². The van der Waals surface area contributed by atoms with Gasteiger partial charge in [-0.25, -0.2) is 0 Å². The van der Waals surface area contributed by atoms with Crippen LogP contribution < -0.4 is 4.90 Å². The van der Waals surface area contributed by atoms with Crippen LogP contribution in [0, 0.1) is 0 Å². The van der Waals surface area contributed by atoms with Crippen LogP contribution in [-0.4, -0.2) is 47.6 Å². The van der Waals surface area contributed by atoms with E-state index in [0.717, 1.165) is 23.7 Å². The van der Waals surface area contributed by atoms with Crippen molar-refractivity contribution in [1.82, 2.24) is 4.90 Å². The van der Waals surface area contributed by atoms with Gasteiger partial charge in [-0.2, -0.15) is 0 Å². The topological polar surface area (TPSA) is 23.6 Å². The molecule has 3 aliphatic heterocycles. The molecule has 1 fully saturated rings. The van der Waals surface area contributed by atoms with Gasteiger partial charge < -0.3 is 9.80 Å². The highest BCUT2D eigenvalue weighted by Crippen LogP contribution is 2.48. The summed E-state index contributed by atoms with van der Waals surface area (Å²) < 4.78 is 12.2. The van der Waals surface area contributed by atoms with Crippen molar-refractivity contribution in [1.29, 1.82) is 0 Å². The molecular formula is C14H18N2OS. The van der Waals surface area contributed by atoms with Gasteiger partial charge >= 0.3 is 0 Å². The van der Waals surface area contributed by atoms with Crippen molar-refractivity contribution in [3.8, 4) is 0 Å². The largest absolute Gasteiger partial charge is 0.366 e. The van der Waals surface area contributed by atoms with Crippen LogP contribution >= 0.6 is 0 Å². The number of likely N-dealkylation sites (N-methyl/N-ethyl adjacent to an activating group) is 1. The maximum Gasteiger partial charge on any atom is 0.0625 e. The van der Waals surface area contributed by atoms with Gasteiger partial charge in [0, 0.05) is 30.8 Å². The second-order valence-electron chi connectivity index (χ2n) is 5.66. The Hall–Kier alpha value is -0.870. The third-order valence-corrected chi connectivity index (χ3v) is 6.03. The molecule has 0 bridgehead atoms. The number of nitrogens with zero attached hydrogens (tertiary/aromatic N) is 2. The Morgan fingerprint density at radius 3 is 3.11 bits per heavy atom. The molecule has 96 valence electrons. The molecule has 1 saturated heterocycles. The first-order valence-electron chi connectivity index (χ1n) is 6.72. The van der Waals surface area contributed by atoms with Crippen LogP contribution in [0.4, 0.5) is 5.69 Å². The quantitative estimate of drug-likeness (QED) is 0.706. The Labute approximate surface area is 110 Å². The Morgan fingerprint density at radius 2 is 2.22 bits per heavy atom. The molecule has 0 radical (unpaired) electrons. The predicted octanol–water partition coefficient (Wildman–Crippen LogP) is 1.42. The average molecular weight is 262 g/mol. The van der Waals surface area contributed by atoms with Gasteiger partial charge in [0.15, 0.2) is 0 Å². The Morgan fingerprint density at radius 1 is 1.33 bits per heavy atom. The molecule has 0 aromatic heterocycles. The molecule has 3 nitrogen and oxygen atoms in total. The third kappa shape index (κ3) is 1.36. The van der Waals surface area contributed by atoms with Gasteiger partial charge in [-0.05, 0) is 31.6 Å². The maximum atomic E-state index is 12.2. The van der Waals surface area contributed by atoms with E-state index >= 15 is 0 Å². The van der Waals surface area contributed by atoms with Crippen molar-refractivity contribution < 1.29 is 4.21 Å². The van der Waals surface area contributed by atoms with E-state index < -0.39 is 10.8 Å². The molecule has 4 heteroatoms. The minimum Gasteiger partial charge on any atom is -0.366 e. The summed E-state index contributed by atoms with van der Waals surface area (Å²) in [6.07, 6.45) is 1.24. The zero-order valence-corrected chi connectivity index (χ0v) is 11.4. The summed E-state index contributed by atoms with van der Waals surface area (Å²) in [4.78, 5) is 6.05. The second-order valence-corrected chi connectivity index (χ2v) is 7.20. The van der Waals surface area contributed by atoms with Crippen LogP contribution in [0.5, 0.6) is 0 Å². The van der Waals surface area contributed by atoms with E-state index in [1.165, 1.54) is 24.2 Å². The van der Waals surface area contributed by atoms with E-state index in [2.05, 4.69) is 35.0 Å². The second kappa shape index (κ2) is 3.81. The Bertz CT molecular complexity index is 531. The van der Waals surface area contributed by atoms with E-state index in [0.29, 0.717) is 12.0 Å². The fraction of sp³-hybridized carbons (Fsp3) is 0.571. The lowest BCUT2D eigenvalue weighted by Gasteiger charge is -2.38. The molecule has 18 heavy (non-hydrogen) atoms. The van der Waals surface area contributed by atoms with Gasteiger partial charge in [0.1, 0.15) is 0 Å². The average Bonchev–Trinajstić information content (AvgIpc) is 2.69. The third-order valence-electron chi connectivity index (χ3n) is 4.66. The summed E-state index contributed by atoms with van der Waals surface area (Å²) in [6.45, 7) is 3.30. The van der Waals surface area contributed by atoms with Gasteiger partial charge in [0.05, 0.1) is 21.4 Å². The number of likely N-dealkylation sites (tertiary alicyclic amines) is 1. The summed E-state index contributed by atoms with van der Waals surface area (Å²) in [5.74, 6) is 1.42. The number of rotatable bonds is 0. The highest BCUT2D eigenvalue weighted by atomic mass is 32.2. The maximum absolute atomic E-state index is 12.2. The number of hydrogen-bond donors (Lipinski definition) is 0. The summed E-state index contributed by atoms with van der Waals surface area (Å²) >= 11 is 0. The summed E-state index contributed by atoms with van der Waals surface area (Å²) in [5.41, 5.74) is 2.75. The monoisotopic (exact) mass is 262 g/mol. The smallest absolute Gasteiger partial charge is 0.0625 e. The SMILES string of the molecule is CN1CCC2C(C1)c1cccc3c1N2CCS3=O. The van der Waals surface area contributed by atoms with E-state index in [-0.39, 0.29) is 0 Å². The summed E-state index contributed by atoms with van der Waals surface area (Å²) in [5, 5.41) is 0. The fourth-order valence-corrected chi connectivity index (χ4v) is 5.11. The number of piperidine rings is 1. The molecule has 0 saturated carbocycles. The molecule has 4 rings (SSSR count). The lowest BCUT2D eigenvalue weighted by Crippen LogP contribution is -2.46. The minimum atomic E-state index is -0.784. The Balaban J connectivity index is 1.88. The van der Waals surface area contributed by atoms with E-state index in [1.807, 2.05) is 0 Å². The van der Waals surface area contributed by atoms with Crippen LogP contribution in [0.15, 0.2) is 23.1 Å². The van der Waals surface area contributed by atoms with Crippen LogP contribution in [0.3, 0.4) is 0 Å². The van der Waals surface area contributed by atoms with Crippen molar-refractivity contribution in [2.24, 2.45) is 0 Å². The first-order chi connectivity index (χ1) is 8.75. The molecule has 0 aliphatic carbocycles. The van der Waals surface area contributed by atoms with Crippen molar-refractivity contribution >= 4 is 16.5 Å². The van der Waals surface area contributed by atoms with Gasteiger partial charge in [0.2, 0.25) is 0 Å². The lowest BCUT2D eigenvalue weighted by molar-refractivity contribution is 0.232. The lowest BCUT2D eigenvalue weighted by atomic mass is 9.89. The molecule has 3 heterocycles. The number of anilines is 1. The van der Waals surface area contributed by atoms with Crippen molar-refractivity contribution in [2.75, 3.05) is 37.3 Å². The van der Waals surface area contributed by atoms with Gasteiger partial charge in [0.25, 0.3) is 0 Å². The van der Waals surface area contributed by atoms with Crippen molar-refractivity contribution in [2.45, 2.75) is 23.3 Å². The molecule has 3 aliphatic rings. The molecule has 3 unspecified atom stereocenters. The highest BCUT2D eigenvalue weighted by molar-refractivity contribution is 7.85. The minimum absolute atomic E-state index is 0.619. The summed E-state index contributed by atoms with van der Waals surface area (Å²) in [6, 6.07) is 7.04. The predicted molar refractivity (Wildman–Crippen MR) is 73.7 cm³/mol. The molecule has 1 aromatic rings. The number of benzene rings is 1. The van der Waals surface area contributed by atoms with Crippen LogP contribution in [-0.2, 0) is 10.8 Å². The molecule has 0 spiro atoms. The van der Waals surface area contributed by atoms with Gasteiger partial charge in [-0.3, -0.25) is 4.21 Å². The standard InChI is InChI=1S/C14H18N2OS/c1-15-6-5-12-11(9-15)10-3-2-4-13-14(10)16(12)7-8-18(13)17/h2-4,11-12H,5-9H2,1H3. The Kier molecular flexibility index (Phi) is 2.33. The molecule has 3 atom stereocenters. The van der Waals surface area contributed by atoms with Crippen molar-refractivity contribution in [3.63, 3.8) is 0 Å². The van der Waals surface area contributed by atoms with E-state index in [9.17, 15) is 4.21 Å². The molecule has 1 aromatic carbocycles. The van der Waals surface area contributed by atoms with Crippen LogP contribution in [0.2, 0.25) is 0 Å². The van der Waals surface area contributed by atoms with Crippen LogP contribution in [0.25, 0.3) is 0 Å². The van der Waals surface area contributed by atoms with Crippen molar-refractivity contribution in [3.05, 3.63) is 23.8 Å².